The molecule has 0 radical (unpaired) electrons. The lowest BCUT2D eigenvalue weighted by Gasteiger charge is -2.07. The lowest BCUT2D eigenvalue weighted by molar-refractivity contribution is 0.155. The SMILES string of the molecule is CC(O)CCOc1ccc(I)cc1. The molecule has 0 aliphatic heterocycles. The fourth-order valence-corrected chi connectivity index (χ4v) is 1.24. The lowest BCUT2D eigenvalue weighted by atomic mass is 10.3. The molecule has 1 aromatic rings. The summed E-state index contributed by atoms with van der Waals surface area (Å²) in [6.45, 7) is 2.33. The van der Waals surface area contributed by atoms with Crippen molar-refractivity contribution in [2.75, 3.05) is 6.61 Å². The van der Waals surface area contributed by atoms with Crippen molar-refractivity contribution in [3.8, 4) is 5.75 Å². The van der Waals surface area contributed by atoms with E-state index in [1.54, 1.807) is 6.92 Å². The van der Waals surface area contributed by atoms with Gasteiger partial charge in [0.25, 0.3) is 0 Å². The third-order valence-corrected chi connectivity index (χ3v) is 2.34. The van der Waals surface area contributed by atoms with Gasteiger partial charge < -0.3 is 9.84 Å². The molecule has 13 heavy (non-hydrogen) atoms. The normalized spacial score (nSPS) is 12.5. The zero-order valence-corrected chi connectivity index (χ0v) is 9.69. The third-order valence-electron chi connectivity index (χ3n) is 1.62. The molecule has 0 aliphatic carbocycles. The fraction of sp³-hybridized carbons (Fsp3) is 0.400. The topological polar surface area (TPSA) is 29.5 Å². The highest BCUT2D eigenvalue weighted by Crippen LogP contribution is 2.13. The first-order valence-corrected chi connectivity index (χ1v) is 5.33. The molecule has 0 amide bonds. The summed E-state index contributed by atoms with van der Waals surface area (Å²) in [7, 11) is 0. The number of rotatable bonds is 4. The van der Waals surface area contributed by atoms with Gasteiger partial charge in [0.15, 0.2) is 0 Å². The molecular formula is C10H13IO2. The Hall–Kier alpha value is -0.290. The van der Waals surface area contributed by atoms with Crippen molar-refractivity contribution < 1.29 is 9.84 Å². The monoisotopic (exact) mass is 292 g/mol. The van der Waals surface area contributed by atoms with Crippen molar-refractivity contribution in [1.82, 2.24) is 0 Å². The Labute approximate surface area is 92.1 Å². The Bertz CT molecular complexity index is 244. The maximum Gasteiger partial charge on any atom is 0.119 e. The van der Waals surface area contributed by atoms with E-state index in [1.807, 2.05) is 24.3 Å². The van der Waals surface area contributed by atoms with Crippen LogP contribution in [0.5, 0.6) is 5.75 Å². The minimum Gasteiger partial charge on any atom is -0.493 e. The molecule has 2 nitrogen and oxygen atoms in total. The van der Waals surface area contributed by atoms with Gasteiger partial charge in [-0.15, -0.1) is 0 Å². The number of hydrogen-bond acceptors (Lipinski definition) is 2. The second-order valence-corrected chi connectivity index (χ2v) is 4.19. The van der Waals surface area contributed by atoms with Crippen LogP contribution in [0, 0.1) is 3.57 Å². The minimum atomic E-state index is -0.288. The average molecular weight is 292 g/mol. The van der Waals surface area contributed by atoms with Gasteiger partial charge in [-0.2, -0.15) is 0 Å². The molecule has 1 N–H and O–H groups in total. The van der Waals surface area contributed by atoms with Gasteiger partial charge in [0, 0.05) is 9.99 Å². The molecule has 1 unspecified atom stereocenters. The van der Waals surface area contributed by atoms with E-state index in [4.69, 9.17) is 9.84 Å². The van der Waals surface area contributed by atoms with E-state index < -0.39 is 0 Å². The smallest absolute Gasteiger partial charge is 0.119 e. The van der Waals surface area contributed by atoms with Crippen molar-refractivity contribution in [3.63, 3.8) is 0 Å². The molecule has 1 atom stereocenters. The van der Waals surface area contributed by atoms with Crippen LogP contribution in [0.4, 0.5) is 0 Å². The number of hydrogen-bond donors (Lipinski definition) is 1. The Kier molecular flexibility index (Phi) is 4.52. The average Bonchev–Trinajstić information content (AvgIpc) is 2.08. The van der Waals surface area contributed by atoms with E-state index in [0.29, 0.717) is 13.0 Å². The minimum absolute atomic E-state index is 0.288. The van der Waals surface area contributed by atoms with Gasteiger partial charge in [-0.05, 0) is 53.8 Å². The predicted octanol–water partition coefficient (Wildman–Crippen LogP) is 2.44. The summed E-state index contributed by atoms with van der Waals surface area (Å²) in [5.74, 6) is 0.862. The van der Waals surface area contributed by atoms with Gasteiger partial charge in [0.2, 0.25) is 0 Å². The maximum atomic E-state index is 8.99. The van der Waals surface area contributed by atoms with E-state index in [2.05, 4.69) is 22.6 Å². The quantitative estimate of drug-likeness (QED) is 0.864. The maximum absolute atomic E-state index is 8.99. The van der Waals surface area contributed by atoms with E-state index >= 15 is 0 Å². The number of ether oxygens (including phenoxy) is 1. The zero-order chi connectivity index (χ0) is 9.68. The summed E-state index contributed by atoms with van der Waals surface area (Å²) in [6, 6.07) is 7.87. The molecule has 1 rings (SSSR count). The molecule has 0 fully saturated rings. The van der Waals surface area contributed by atoms with Crippen molar-refractivity contribution in [2.45, 2.75) is 19.4 Å². The summed E-state index contributed by atoms with van der Waals surface area (Å²) >= 11 is 2.25. The largest absolute Gasteiger partial charge is 0.493 e. The molecule has 0 spiro atoms. The van der Waals surface area contributed by atoms with Gasteiger partial charge >= 0.3 is 0 Å². The molecule has 0 aromatic heterocycles. The second kappa shape index (κ2) is 5.44. The van der Waals surface area contributed by atoms with Crippen LogP contribution < -0.4 is 4.74 Å². The van der Waals surface area contributed by atoms with E-state index in [-0.39, 0.29) is 6.10 Å². The Morgan fingerprint density at radius 1 is 1.38 bits per heavy atom. The molecule has 0 saturated carbocycles. The molecular weight excluding hydrogens is 279 g/mol. The fourth-order valence-electron chi connectivity index (χ4n) is 0.878. The molecule has 1 aromatic carbocycles. The van der Waals surface area contributed by atoms with E-state index in [1.165, 1.54) is 3.57 Å². The zero-order valence-electron chi connectivity index (χ0n) is 7.53. The van der Waals surface area contributed by atoms with Gasteiger partial charge in [0.05, 0.1) is 12.7 Å². The van der Waals surface area contributed by atoms with Crippen LogP contribution in [0.1, 0.15) is 13.3 Å². The van der Waals surface area contributed by atoms with Crippen molar-refractivity contribution in [2.24, 2.45) is 0 Å². The first kappa shape index (κ1) is 10.8. The number of halogens is 1. The van der Waals surface area contributed by atoms with Crippen LogP contribution in [0.15, 0.2) is 24.3 Å². The number of aliphatic hydroxyl groups excluding tert-OH is 1. The van der Waals surface area contributed by atoms with Gasteiger partial charge in [-0.25, -0.2) is 0 Å². The number of aliphatic hydroxyl groups is 1. The highest BCUT2D eigenvalue weighted by molar-refractivity contribution is 14.1. The highest BCUT2D eigenvalue weighted by atomic mass is 127. The van der Waals surface area contributed by atoms with Crippen molar-refractivity contribution in [1.29, 1.82) is 0 Å². The molecule has 3 heteroatoms. The van der Waals surface area contributed by atoms with Crippen LogP contribution >= 0.6 is 22.6 Å². The third kappa shape index (κ3) is 4.47. The van der Waals surface area contributed by atoms with Crippen molar-refractivity contribution in [3.05, 3.63) is 27.8 Å². The van der Waals surface area contributed by atoms with Crippen LogP contribution in [0.25, 0.3) is 0 Å². The Balaban J connectivity index is 2.33. The summed E-state index contributed by atoms with van der Waals surface area (Å²) in [5.41, 5.74) is 0. The standard InChI is InChI=1S/C10H13IO2/c1-8(12)6-7-13-10-4-2-9(11)3-5-10/h2-5,8,12H,6-7H2,1H3. The predicted molar refractivity (Wildman–Crippen MR) is 61.0 cm³/mol. The van der Waals surface area contributed by atoms with Crippen LogP contribution in [-0.4, -0.2) is 17.8 Å². The first-order chi connectivity index (χ1) is 6.18. The summed E-state index contributed by atoms with van der Waals surface area (Å²) in [4.78, 5) is 0. The Morgan fingerprint density at radius 3 is 2.54 bits per heavy atom. The molecule has 0 bridgehead atoms. The highest BCUT2D eigenvalue weighted by Gasteiger charge is 1.96. The summed E-state index contributed by atoms with van der Waals surface area (Å²) < 4.78 is 6.60. The Morgan fingerprint density at radius 2 is 2.00 bits per heavy atom. The summed E-state index contributed by atoms with van der Waals surface area (Å²) in [6.07, 6.45) is 0.385. The molecule has 0 aliphatic rings. The van der Waals surface area contributed by atoms with Crippen LogP contribution in [-0.2, 0) is 0 Å². The summed E-state index contributed by atoms with van der Waals surface area (Å²) in [5, 5.41) is 8.99. The first-order valence-electron chi connectivity index (χ1n) is 4.25. The van der Waals surface area contributed by atoms with Gasteiger partial charge in [0.1, 0.15) is 5.75 Å². The van der Waals surface area contributed by atoms with E-state index in [9.17, 15) is 0 Å². The molecule has 0 saturated heterocycles. The molecule has 72 valence electrons. The number of benzene rings is 1. The van der Waals surface area contributed by atoms with Crippen LogP contribution in [0.2, 0.25) is 0 Å². The molecule has 0 heterocycles. The van der Waals surface area contributed by atoms with E-state index in [0.717, 1.165) is 5.75 Å². The lowest BCUT2D eigenvalue weighted by Crippen LogP contribution is -2.07. The second-order valence-electron chi connectivity index (χ2n) is 2.94. The van der Waals surface area contributed by atoms with Crippen LogP contribution in [0.3, 0.4) is 0 Å². The van der Waals surface area contributed by atoms with Gasteiger partial charge in [-0.3, -0.25) is 0 Å². The van der Waals surface area contributed by atoms with Crippen molar-refractivity contribution >= 4 is 22.6 Å². The van der Waals surface area contributed by atoms with Gasteiger partial charge in [-0.1, -0.05) is 0 Å².